The van der Waals surface area contributed by atoms with Gasteiger partial charge >= 0.3 is 11.9 Å². The number of benzene rings is 6. The van der Waals surface area contributed by atoms with Gasteiger partial charge in [-0.2, -0.15) is 0 Å². The summed E-state index contributed by atoms with van der Waals surface area (Å²) in [5, 5.41) is 19.1. The summed E-state index contributed by atoms with van der Waals surface area (Å²) in [5.41, 5.74) is 3.92. The van der Waals surface area contributed by atoms with Crippen LogP contribution in [0.3, 0.4) is 0 Å². The maximum atomic E-state index is 13.7. The summed E-state index contributed by atoms with van der Waals surface area (Å²) in [4.78, 5) is 29.4. The highest BCUT2D eigenvalue weighted by atomic mass is 32.2. The zero-order chi connectivity index (χ0) is 35.8. The van der Waals surface area contributed by atoms with Crippen LogP contribution in [0.25, 0.3) is 0 Å². The molecule has 0 atom stereocenters. The molecule has 6 aromatic rings. The molecule has 0 heterocycles. The Morgan fingerprint density at radius 1 is 0.569 bits per heavy atom. The molecule has 0 amide bonds. The van der Waals surface area contributed by atoms with Gasteiger partial charge < -0.3 is 14.6 Å². The molecule has 256 valence electrons. The summed E-state index contributed by atoms with van der Waals surface area (Å²) in [6, 6.07) is 40.6. The second-order valence-corrected chi connectivity index (χ2v) is 13.6. The number of esters is 1. The first kappa shape index (κ1) is 34.8. The van der Waals surface area contributed by atoms with Crippen LogP contribution < -0.4 is 9.47 Å². The fourth-order valence-corrected chi connectivity index (χ4v) is 6.91. The Morgan fingerprint density at radius 3 is 1.75 bits per heavy atom. The molecular formula is C41H32O9S. The van der Waals surface area contributed by atoms with E-state index in [0.717, 1.165) is 16.7 Å². The van der Waals surface area contributed by atoms with Crippen LogP contribution in [-0.2, 0) is 34.2 Å². The molecule has 10 heteroatoms. The number of aromatic carboxylic acids is 1. The molecule has 0 fully saturated rings. The van der Waals surface area contributed by atoms with E-state index in [1.165, 1.54) is 54.6 Å². The number of carboxylic acids is 1. The van der Waals surface area contributed by atoms with Gasteiger partial charge in [0.05, 0.1) is 20.9 Å². The maximum absolute atomic E-state index is 13.7. The average molecular weight is 701 g/mol. The quantitative estimate of drug-likeness (QED) is 0.0527. The Balaban J connectivity index is 1.19. The molecule has 0 spiro atoms. The number of carbonyl (C=O) groups is 2. The van der Waals surface area contributed by atoms with E-state index in [9.17, 15) is 28.4 Å². The second-order valence-electron chi connectivity index (χ2n) is 11.7. The first-order valence-corrected chi connectivity index (χ1v) is 17.4. The van der Waals surface area contributed by atoms with Crippen molar-refractivity contribution in [3.63, 3.8) is 0 Å². The molecule has 0 bridgehead atoms. The smallest absolute Gasteiger partial charge is 0.344 e. The van der Waals surface area contributed by atoms with E-state index in [2.05, 4.69) is 4.89 Å². The Hall–Kier alpha value is -6.07. The summed E-state index contributed by atoms with van der Waals surface area (Å²) in [6.45, 7) is -0.146. The summed E-state index contributed by atoms with van der Waals surface area (Å²) < 4.78 is 39.0. The standard InChI is InChI=1S/C41H32O9S/c42-40(43)38-24-31(22-29-11-5-2-6-12-29)17-19-37(38)41(44)50-34-14-8-16-36(26-34)51(46,47)35-15-7-13-33(25-35)49-39-20-18-30(23-32(39)27-48-45)21-28-9-3-1-4-10-28/h1-20,23-26,45H,21-22,27H2,(H,42,43). The zero-order valence-electron chi connectivity index (χ0n) is 27.1. The SMILES string of the molecule is O=C(O)c1cc(Cc2ccccc2)ccc1C(=O)Oc1cccc(S(=O)(=O)c2cccc(Oc3ccc(Cc4ccccc4)cc3COO)c2)c1. The molecule has 0 aliphatic carbocycles. The molecule has 0 saturated heterocycles. The van der Waals surface area contributed by atoms with Gasteiger partial charge in [-0.05, 0) is 95.8 Å². The van der Waals surface area contributed by atoms with Crippen molar-refractivity contribution in [1.82, 2.24) is 0 Å². The molecule has 0 radical (unpaired) electrons. The monoisotopic (exact) mass is 700 g/mol. The van der Waals surface area contributed by atoms with Crippen molar-refractivity contribution >= 4 is 21.8 Å². The number of rotatable bonds is 13. The highest BCUT2D eigenvalue weighted by Crippen LogP contribution is 2.32. The number of ether oxygens (including phenoxy) is 2. The van der Waals surface area contributed by atoms with Gasteiger partial charge in [0.25, 0.3) is 0 Å². The molecule has 2 N–H and O–H groups in total. The van der Waals surface area contributed by atoms with Crippen LogP contribution in [0.15, 0.2) is 155 Å². The van der Waals surface area contributed by atoms with Crippen LogP contribution >= 0.6 is 0 Å². The molecule has 0 saturated carbocycles. The van der Waals surface area contributed by atoms with E-state index in [1.54, 1.807) is 18.2 Å². The lowest BCUT2D eigenvalue weighted by Gasteiger charge is -2.14. The van der Waals surface area contributed by atoms with Gasteiger partial charge in [-0.1, -0.05) is 84.9 Å². The summed E-state index contributed by atoms with van der Waals surface area (Å²) >= 11 is 0. The van der Waals surface area contributed by atoms with Crippen molar-refractivity contribution in [3.8, 4) is 17.2 Å². The Labute approximate surface area is 294 Å². The minimum atomic E-state index is -4.13. The van der Waals surface area contributed by atoms with E-state index >= 15 is 0 Å². The van der Waals surface area contributed by atoms with E-state index in [1.807, 2.05) is 72.8 Å². The van der Waals surface area contributed by atoms with Crippen molar-refractivity contribution in [2.45, 2.75) is 29.2 Å². The number of hydrogen-bond acceptors (Lipinski definition) is 8. The summed E-state index contributed by atoms with van der Waals surface area (Å²) in [7, 11) is -4.13. The minimum absolute atomic E-state index is 0.0775. The summed E-state index contributed by atoms with van der Waals surface area (Å²) in [5.74, 6) is -1.72. The third kappa shape index (κ3) is 8.57. The van der Waals surface area contributed by atoms with Gasteiger partial charge in [0.1, 0.15) is 23.9 Å². The van der Waals surface area contributed by atoms with Gasteiger partial charge in [0.15, 0.2) is 0 Å². The van der Waals surface area contributed by atoms with E-state index in [4.69, 9.17) is 9.47 Å². The summed E-state index contributed by atoms with van der Waals surface area (Å²) in [6.07, 6.45) is 1.13. The molecule has 6 aromatic carbocycles. The number of carbonyl (C=O) groups excluding carboxylic acids is 1. The van der Waals surface area contributed by atoms with E-state index < -0.39 is 21.8 Å². The van der Waals surface area contributed by atoms with Crippen LogP contribution in [-0.4, -0.2) is 30.7 Å². The van der Waals surface area contributed by atoms with Crippen molar-refractivity contribution in [1.29, 1.82) is 0 Å². The predicted molar refractivity (Wildman–Crippen MR) is 189 cm³/mol. The van der Waals surface area contributed by atoms with Gasteiger partial charge in [0.2, 0.25) is 9.84 Å². The number of hydrogen-bond donors (Lipinski definition) is 2. The lowest BCUT2D eigenvalue weighted by molar-refractivity contribution is -0.253. The van der Waals surface area contributed by atoms with Crippen molar-refractivity contribution in [3.05, 3.63) is 185 Å². The fraction of sp³-hybridized carbons (Fsp3) is 0.0732. The maximum Gasteiger partial charge on any atom is 0.344 e. The van der Waals surface area contributed by atoms with E-state index in [-0.39, 0.29) is 39.0 Å². The van der Waals surface area contributed by atoms with Crippen LogP contribution in [0.4, 0.5) is 0 Å². The molecule has 0 unspecified atom stereocenters. The Morgan fingerprint density at radius 2 is 1.14 bits per heavy atom. The first-order chi connectivity index (χ1) is 24.7. The third-order valence-electron chi connectivity index (χ3n) is 8.05. The highest BCUT2D eigenvalue weighted by molar-refractivity contribution is 7.91. The molecule has 0 aliphatic heterocycles. The third-order valence-corrected chi connectivity index (χ3v) is 9.80. The molecule has 6 rings (SSSR count). The second kappa shape index (κ2) is 15.6. The molecule has 9 nitrogen and oxygen atoms in total. The molecule has 0 aliphatic rings. The fourth-order valence-electron chi connectivity index (χ4n) is 5.58. The zero-order valence-corrected chi connectivity index (χ0v) is 28.0. The van der Waals surface area contributed by atoms with Crippen LogP contribution in [0.1, 0.15) is 48.5 Å². The number of carboxylic acid groups (broad SMARTS) is 1. The van der Waals surface area contributed by atoms with Gasteiger partial charge in [-0.15, -0.1) is 0 Å². The average Bonchev–Trinajstić information content (AvgIpc) is 3.14. The molecule has 0 aromatic heterocycles. The van der Waals surface area contributed by atoms with Gasteiger partial charge in [-0.25, -0.2) is 22.9 Å². The van der Waals surface area contributed by atoms with Crippen LogP contribution in [0.5, 0.6) is 17.2 Å². The predicted octanol–water partition coefficient (Wildman–Crippen LogP) is 8.40. The Bertz CT molecular complexity index is 2290. The van der Waals surface area contributed by atoms with Gasteiger partial charge in [-0.3, -0.25) is 5.26 Å². The van der Waals surface area contributed by atoms with Crippen LogP contribution in [0, 0.1) is 0 Å². The molecular weight excluding hydrogens is 669 g/mol. The minimum Gasteiger partial charge on any atom is -0.478 e. The molecule has 51 heavy (non-hydrogen) atoms. The first-order valence-electron chi connectivity index (χ1n) is 15.9. The number of sulfone groups is 1. The van der Waals surface area contributed by atoms with Crippen molar-refractivity contribution < 1.29 is 42.7 Å². The lowest BCUT2D eigenvalue weighted by atomic mass is 9.99. The topological polar surface area (TPSA) is 136 Å². The van der Waals surface area contributed by atoms with Gasteiger partial charge in [0, 0.05) is 5.56 Å². The highest BCUT2D eigenvalue weighted by Gasteiger charge is 2.23. The van der Waals surface area contributed by atoms with E-state index in [0.29, 0.717) is 29.7 Å². The largest absolute Gasteiger partial charge is 0.478 e. The van der Waals surface area contributed by atoms with Crippen molar-refractivity contribution in [2.75, 3.05) is 0 Å². The normalized spacial score (nSPS) is 11.2. The lowest BCUT2D eigenvalue weighted by Crippen LogP contribution is -2.15. The Kier molecular flexibility index (Phi) is 10.7. The van der Waals surface area contributed by atoms with Crippen molar-refractivity contribution in [2.24, 2.45) is 0 Å². The van der Waals surface area contributed by atoms with Crippen LogP contribution in [0.2, 0.25) is 0 Å².